The van der Waals surface area contributed by atoms with Gasteiger partial charge in [0.2, 0.25) is 5.95 Å². The van der Waals surface area contributed by atoms with Crippen molar-refractivity contribution in [2.75, 3.05) is 22.7 Å². The Morgan fingerprint density at radius 3 is 2.81 bits per heavy atom. The number of carbonyl (C=O) groups is 2. The Morgan fingerprint density at radius 2 is 2.16 bits per heavy atom. The number of aromatic nitrogens is 2. The Bertz CT molecular complexity index is 1000. The van der Waals surface area contributed by atoms with E-state index in [9.17, 15) is 22.8 Å². The summed E-state index contributed by atoms with van der Waals surface area (Å²) in [5, 5.41) is 2.87. The molecule has 1 atom stereocenters. The Labute approximate surface area is 175 Å². The maximum Gasteiger partial charge on any atom is 0.416 e. The Morgan fingerprint density at radius 1 is 1.42 bits per heavy atom. The third-order valence-electron chi connectivity index (χ3n) is 4.68. The van der Waals surface area contributed by atoms with E-state index in [0.717, 1.165) is 31.2 Å². The molecule has 2 aromatic rings. The van der Waals surface area contributed by atoms with Gasteiger partial charge >= 0.3 is 18.2 Å². The lowest BCUT2D eigenvalue weighted by Crippen LogP contribution is -2.39. The molecule has 1 fully saturated rings. The van der Waals surface area contributed by atoms with Crippen molar-refractivity contribution in [1.29, 1.82) is 0 Å². The number of nitrogens with two attached hydrogens (primary N) is 1. The average molecular weight is 438 g/mol. The minimum absolute atomic E-state index is 0.0252. The number of nitrogens with one attached hydrogen (secondary N) is 2. The highest BCUT2D eigenvalue weighted by atomic mass is 19.4. The summed E-state index contributed by atoms with van der Waals surface area (Å²) >= 11 is 0. The minimum Gasteiger partial charge on any atom is -0.383 e. The number of nitrogens with zero attached hydrogens (tertiary/aromatic N) is 3. The number of nitrogen functional groups attached to an aromatic ring is 1. The molecule has 4 N–H and O–H groups in total. The molecule has 12 heteroatoms. The molecule has 166 valence electrons. The van der Waals surface area contributed by atoms with Gasteiger partial charge < -0.3 is 15.9 Å². The van der Waals surface area contributed by atoms with E-state index in [2.05, 4.69) is 20.8 Å². The van der Waals surface area contributed by atoms with Gasteiger partial charge in [0, 0.05) is 6.20 Å². The lowest BCUT2D eigenvalue weighted by molar-refractivity contribution is -0.137. The molecule has 1 aromatic carbocycles. The Kier molecular flexibility index (Phi) is 5.91. The van der Waals surface area contributed by atoms with Crippen LogP contribution in [0.25, 0.3) is 0 Å². The molecule has 1 saturated heterocycles. The summed E-state index contributed by atoms with van der Waals surface area (Å²) < 4.78 is 38.3. The maximum absolute atomic E-state index is 12.8. The highest BCUT2D eigenvalue weighted by Gasteiger charge is 2.40. The zero-order valence-electron chi connectivity index (χ0n) is 16.8. The first-order chi connectivity index (χ1) is 14.5. The molecule has 3 rings (SSSR count). The molecular weight excluding hydrogens is 417 g/mol. The second kappa shape index (κ2) is 8.28. The smallest absolute Gasteiger partial charge is 0.383 e. The fourth-order valence-corrected chi connectivity index (χ4v) is 3.23. The first kappa shape index (κ1) is 22.1. The second-order valence-electron chi connectivity index (χ2n) is 7.37. The molecular formula is C19H21F3N6O3. The summed E-state index contributed by atoms with van der Waals surface area (Å²) in [4.78, 5) is 38.7. The predicted molar refractivity (Wildman–Crippen MR) is 106 cm³/mol. The van der Waals surface area contributed by atoms with Crippen molar-refractivity contribution in [3.8, 4) is 0 Å². The van der Waals surface area contributed by atoms with Crippen LogP contribution in [-0.4, -0.2) is 34.1 Å². The molecule has 2 amide bonds. The van der Waals surface area contributed by atoms with Crippen LogP contribution >= 0.6 is 0 Å². The molecule has 1 aliphatic heterocycles. The van der Waals surface area contributed by atoms with E-state index in [0.29, 0.717) is 6.54 Å². The molecule has 2 heterocycles. The van der Waals surface area contributed by atoms with Gasteiger partial charge in [-0.25, -0.2) is 20.1 Å². The first-order valence-electron chi connectivity index (χ1n) is 9.39. The number of amides is 2. The van der Waals surface area contributed by atoms with Gasteiger partial charge in [-0.15, -0.1) is 0 Å². The van der Waals surface area contributed by atoms with E-state index >= 15 is 0 Å². The summed E-state index contributed by atoms with van der Waals surface area (Å²) in [7, 11) is 0. The van der Waals surface area contributed by atoms with E-state index in [1.807, 2.05) is 13.8 Å². The van der Waals surface area contributed by atoms with Crippen LogP contribution in [0, 0.1) is 0 Å². The lowest BCUT2D eigenvalue weighted by atomic mass is 9.98. The SMILES string of the molecule is CCCC1(C)CN(c2ncc(C(=O)ONc3cccc(C(F)(F)F)c3)c(N)n2)C(=O)N1. The van der Waals surface area contributed by atoms with Gasteiger partial charge in [-0.3, -0.25) is 4.90 Å². The summed E-state index contributed by atoms with van der Waals surface area (Å²) in [5.41, 5.74) is 6.35. The molecule has 0 aliphatic carbocycles. The first-order valence-corrected chi connectivity index (χ1v) is 9.39. The van der Waals surface area contributed by atoms with E-state index in [-0.39, 0.29) is 29.0 Å². The standard InChI is InChI=1S/C19H21F3N6O3/c1-3-7-18(2)10-28(17(30)26-18)16-24-9-13(14(23)25-16)15(29)31-27-12-6-4-5-11(8-12)19(20,21)22/h4-6,8-9,27H,3,7,10H2,1-2H3,(H,26,30)(H2,23,24,25). The fourth-order valence-electron chi connectivity index (χ4n) is 3.23. The molecule has 0 spiro atoms. The van der Waals surface area contributed by atoms with Crippen molar-refractivity contribution in [1.82, 2.24) is 15.3 Å². The van der Waals surface area contributed by atoms with Crippen LogP contribution in [0.3, 0.4) is 0 Å². The molecule has 9 nitrogen and oxygen atoms in total. The highest BCUT2D eigenvalue weighted by molar-refractivity contribution is 5.96. The number of halogens is 3. The molecule has 1 aromatic heterocycles. The van der Waals surface area contributed by atoms with Crippen LogP contribution in [0.1, 0.15) is 42.6 Å². The Balaban J connectivity index is 1.69. The van der Waals surface area contributed by atoms with Gasteiger partial charge in [0.15, 0.2) is 0 Å². The minimum atomic E-state index is -4.54. The van der Waals surface area contributed by atoms with Crippen LogP contribution in [-0.2, 0) is 11.0 Å². The molecule has 1 aliphatic rings. The van der Waals surface area contributed by atoms with Crippen molar-refractivity contribution >= 4 is 29.5 Å². The quantitative estimate of drug-likeness (QED) is 0.591. The monoisotopic (exact) mass is 438 g/mol. The van der Waals surface area contributed by atoms with Crippen molar-refractivity contribution in [2.24, 2.45) is 0 Å². The van der Waals surface area contributed by atoms with Gasteiger partial charge in [0.05, 0.1) is 23.3 Å². The number of benzene rings is 1. The number of hydrogen-bond donors (Lipinski definition) is 3. The van der Waals surface area contributed by atoms with Crippen molar-refractivity contribution in [3.05, 3.63) is 41.6 Å². The van der Waals surface area contributed by atoms with E-state index in [1.54, 1.807) is 0 Å². The topological polar surface area (TPSA) is 122 Å². The van der Waals surface area contributed by atoms with Crippen molar-refractivity contribution in [2.45, 2.75) is 38.4 Å². The summed E-state index contributed by atoms with van der Waals surface area (Å²) in [6.45, 7) is 4.24. The number of rotatable bonds is 6. The van der Waals surface area contributed by atoms with Crippen LogP contribution < -0.4 is 21.4 Å². The molecule has 0 bridgehead atoms. The maximum atomic E-state index is 12.8. The number of alkyl halides is 3. The Hall–Kier alpha value is -3.57. The van der Waals surface area contributed by atoms with Gasteiger partial charge in [-0.05, 0) is 31.5 Å². The van der Waals surface area contributed by atoms with E-state index in [4.69, 9.17) is 10.6 Å². The van der Waals surface area contributed by atoms with Gasteiger partial charge in [-0.2, -0.15) is 18.2 Å². The predicted octanol–water partition coefficient (Wildman–Crippen LogP) is 3.35. The van der Waals surface area contributed by atoms with E-state index < -0.39 is 23.2 Å². The van der Waals surface area contributed by atoms with Crippen LogP contribution in [0.5, 0.6) is 0 Å². The lowest BCUT2D eigenvalue weighted by Gasteiger charge is -2.22. The van der Waals surface area contributed by atoms with Crippen LogP contribution in [0.15, 0.2) is 30.5 Å². The van der Waals surface area contributed by atoms with Gasteiger partial charge in [-0.1, -0.05) is 19.4 Å². The summed E-state index contributed by atoms with van der Waals surface area (Å²) in [6.07, 6.45) is -1.81. The van der Waals surface area contributed by atoms with Gasteiger partial charge in [0.1, 0.15) is 11.4 Å². The van der Waals surface area contributed by atoms with Crippen molar-refractivity contribution in [3.63, 3.8) is 0 Å². The zero-order chi connectivity index (χ0) is 22.8. The van der Waals surface area contributed by atoms with Crippen molar-refractivity contribution < 1.29 is 27.6 Å². The number of hydrogen-bond acceptors (Lipinski definition) is 7. The summed E-state index contributed by atoms with van der Waals surface area (Å²) in [6, 6.07) is 3.76. The molecule has 31 heavy (non-hydrogen) atoms. The molecule has 0 saturated carbocycles. The number of urea groups is 1. The molecule has 1 unspecified atom stereocenters. The normalized spacial score (nSPS) is 18.6. The number of anilines is 3. The second-order valence-corrected chi connectivity index (χ2v) is 7.37. The third kappa shape index (κ3) is 4.95. The average Bonchev–Trinajstić information content (AvgIpc) is 3.00. The number of carbonyl (C=O) groups excluding carboxylic acids is 2. The zero-order valence-corrected chi connectivity index (χ0v) is 16.8. The van der Waals surface area contributed by atoms with Crippen LogP contribution in [0.4, 0.5) is 35.4 Å². The van der Waals surface area contributed by atoms with Gasteiger partial charge in [0.25, 0.3) is 0 Å². The van der Waals surface area contributed by atoms with Crippen LogP contribution in [0.2, 0.25) is 0 Å². The fraction of sp³-hybridized carbons (Fsp3) is 0.368. The highest BCUT2D eigenvalue weighted by Crippen LogP contribution is 2.31. The third-order valence-corrected chi connectivity index (χ3v) is 4.68. The summed E-state index contributed by atoms with van der Waals surface area (Å²) in [5.74, 6) is -1.21. The largest absolute Gasteiger partial charge is 0.416 e. The van der Waals surface area contributed by atoms with E-state index in [1.165, 1.54) is 17.0 Å². The molecule has 0 radical (unpaired) electrons.